The zero-order chi connectivity index (χ0) is 12.4. The Balaban J connectivity index is 2.06. The standard InChI is InChI=1S/C8H11N5O3S/c1-4-2-3-13(5(4)6(14)15)8(16)9-7-10-11-12-17-7/h4-5H,2-3H2,1H3,(H,14,15)(H,9,10,12,16). The highest BCUT2D eigenvalue weighted by Gasteiger charge is 2.39. The topological polar surface area (TPSA) is 108 Å². The highest BCUT2D eigenvalue weighted by atomic mass is 32.1. The molecule has 2 unspecified atom stereocenters. The van der Waals surface area contributed by atoms with Gasteiger partial charge in [0.15, 0.2) is 0 Å². The van der Waals surface area contributed by atoms with E-state index in [2.05, 4.69) is 20.1 Å². The van der Waals surface area contributed by atoms with Crippen LogP contribution >= 0.6 is 11.5 Å². The molecule has 0 bridgehead atoms. The fourth-order valence-corrected chi connectivity index (χ4v) is 2.25. The van der Waals surface area contributed by atoms with E-state index in [9.17, 15) is 9.59 Å². The van der Waals surface area contributed by atoms with E-state index in [4.69, 9.17) is 5.11 Å². The van der Waals surface area contributed by atoms with Gasteiger partial charge in [0.25, 0.3) is 0 Å². The average Bonchev–Trinajstić information content (AvgIpc) is 2.86. The van der Waals surface area contributed by atoms with Crippen LogP contribution in [0.5, 0.6) is 0 Å². The first-order chi connectivity index (χ1) is 8.09. The number of anilines is 1. The van der Waals surface area contributed by atoms with Crippen LogP contribution in [0, 0.1) is 5.92 Å². The maximum Gasteiger partial charge on any atom is 0.326 e. The minimum atomic E-state index is -0.986. The molecule has 0 saturated carbocycles. The smallest absolute Gasteiger partial charge is 0.326 e. The second-order valence-corrected chi connectivity index (χ2v) is 4.57. The van der Waals surface area contributed by atoms with Gasteiger partial charge >= 0.3 is 12.0 Å². The van der Waals surface area contributed by atoms with E-state index in [0.717, 1.165) is 11.5 Å². The molecule has 1 aliphatic heterocycles. The lowest BCUT2D eigenvalue weighted by Crippen LogP contribution is -2.44. The van der Waals surface area contributed by atoms with Crippen molar-refractivity contribution in [3.8, 4) is 0 Å². The fraction of sp³-hybridized carbons (Fsp3) is 0.625. The van der Waals surface area contributed by atoms with E-state index in [1.54, 1.807) is 0 Å². The highest BCUT2D eigenvalue weighted by molar-refractivity contribution is 7.09. The Kier molecular flexibility index (Phi) is 3.18. The van der Waals surface area contributed by atoms with Crippen LogP contribution in [0.2, 0.25) is 0 Å². The molecule has 2 N–H and O–H groups in total. The summed E-state index contributed by atoms with van der Waals surface area (Å²) < 4.78 is 3.50. The van der Waals surface area contributed by atoms with Crippen LogP contribution in [0.15, 0.2) is 0 Å². The molecule has 2 heterocycles. The predicted octanol–water partition coefficient (Wildman–Crippen LogP) is 0.260. The van der Waals surface area contributed by atoms with Crippen molar-refractivity contribution in [1.29, 1.82) is 0 Å². The normalized spacial score (nSPS) is 23.7. The highest BCUT2D eigenvalue weighted by Crippen LogP contribution is 2.24. The maximum atomic E-state index is 11.8. The third-order valence-electron chi connectivity index (χ3n) is 2.73. The minimum Gasteiger partial charge on any atom is -0.480 e. The van der Waals surface area contributed by atoms with Crippen LogP contribution in [0.3, 0.4) is 0 Å². The van der Waals surface area contributed by atoms with E-state index < -0.39 is 18.0 Å². The van der Waals surface area contributed by atoms with E-state index in [0.29, 0.717) is 13.0 Å². The Morgan fingerprint density at radius 1 is 1.59 bits per heavy atom. The summed E-state index contributed by atoms with van der Waals surface area (Å²) in [7, 11) is 0. The molecule has 1 aliphatic rings. The zero-order valence-corrected chi connectivity index (χ0v) is 9.85. The van der Waals surface area contributed by atoms with Gasteiger partial charge in [0.05, 0.1) is 0 Å². The second kappa shape index (κ2) is 4.62. The number of aromatic nitrogens is 3. The summed E-state index contributed by atoms with van der Waals surface area (Å²) >= 11 is 0.942. The molecule has 9 heteroatoms. The number of carboxylic acid groups (broad SMARTS) is 1. The number of carbonyl (C=O) groups is 2. The van der Waals surface area contributed by atoms with E-state index in [1.165, 1.54) is 4.90 Å². The van der Waals surface area contributed by atoms with Crippen LogP contribution in [0.25, 0.3) is 0 Å². The summed E-state index contributed by atoms with van der Waals surface area (Å²) in [5, 5.41) is 18.7. The molecule has 92 valence electrons. The number of urea groups is 1. The van der Waals surface area contributed by atoms with Crippen molar-refractivity contribution in [1.82, 2.24) is 19.7 Å². The van der Waals surface area contributed by atoms with Gasteiger partial charge in [-0.25, -0.2) is 9.59 Å². The van der Waals surface area contributed by atoms with Gasteiger partial charge in [0.1, 0.15) is 6.04 Å². The molecule has 0 radical (unpaired) electrons. The molecule has 0 spiro atoms. The molecule has 1 saturated heterocycles. The first-order valence-electron chi connectivity index (χ1n) is 5.05. The number of carboxylic acids is 1. The number of amides is 2. The molecular formula is C8H11N5O3S. The number of hydrogen-bond donors (Lipinski definition) is 2. The Morgan fingerprint density at radius 2 is 2.35 bits per heavy atom. The molecule has 2 amide bonds. The van der Waals surface area contributed by atoms with E-state index in [-0.39, 0.29) is 11.0 Å². The zero-order valence-electron chi connectivity index (χ0n) is 9.03. The lowest BCUT2D eigenvalue weighted by Gasteiger charge is -2.22. The molecule has 0 aliphatic carbocycles. The third-order valence-corrected chi connectivity index (χ3v) is 3.24. The van der Waals surface area contributed by atoms with Crippen LogP contribution < -0.4 is 5.32 Å². The Hall–Kier alpha value is -1.77. The number of nitrogens with one attached hydrogen (secondary N) is 1. The SMILES string of the molecule is CC1CCN(C(=O)Nc2nnns2)C1C(=O)O. The molecular weight excluding hydrogens is 246 g/mol. The lowest BCUT2D eigenvalue weighted by atomic mass is 10.0. The summed E-state index contributed by atoms with van der Waals surface area (Å²) in [6.45, 7) is 2.24. The molecule has 1 aromatic heterocycles. The monoisotopic (exact) mass is 257 g/mol. The lowest BCUT2D eigenvalue weighted by molar-refractivity contribution is -0.142. The summed E-state index contributed by atoms with van der Waals surface area (Å²) in [5.74, 6) is -1.04. The molecule has 8 nitrogen and oxygen atoms in total. The molecule has 1 fully saturated rings. The second-order valence-electron chi connectivity index (χ2n) is 3.84. The predicted molar refractivity (Wildman–Crippen MR) is 58.6 cm³/mol. The van der Waals surface area contributed by atoms with Crippen molar-refractivity contribution >= 4 is 28.7 Å². The summed E-state index contributed by atoms with van der Waals surface area (Å²) in [6.07, 6.45) is 0.679. The molecule has 17 heavy (non-hydrogen) atoms. The Labute approximate surface area is 101 Å². The number of aliphatic carboxylic acids is 1. The van der Waals surface area contributed by atoms with Gasteiger partial charge in [0.2, 0.25) is 5.13 Å². The van der Waals surface area contributed by atoms with Crippen molar-refractivity contribution in [3.05, 3.63) is 0 Å². The fourth-order valence-electron chi connectivity index (χ4n) is 1.90. The van der Waals surface area contributed by atoms with Gasteiger partial charge in [-0.15, -0.1) is 0 Å². The summed E-state index contributed by atoms with van der Waals surface area (Å²) in [5.41, 5.74) is 0. The summed E-state index contributed by atoms with van der Waals surface area (Å²) in [4.78, 5) is 24.2. The van der Waals surface area contributed by atoms with Crippen molar-refractivity contribution in [3.63, 3.8) is 0 Å². The third kappa shape index (κ3) is 2.33. The van der Waals surface area contributed by atoms with Gasteiger partial charge < -0.3 is 10.0 Å². The van der Waals surface area contributed by atoms with Crippen LogP contribution in [0.1, 0.15) is 13.3 Å². The van der Waals surface area contributed by atoms with Gasteiger partial charge in [-0.1, -0.05) is 16.5 Å². The van der Waals surface area contributed by atoms with Gasteiger partial charge in [-0.3, -0.25) is 5.32 Å². The number of carbonyl (C=O) groups excluding carboxylic acids is 1. The van der Waals surface area contributed by atoms with Crippen molar-refractivity contribution < 1.29 is 14.7 Å². The van der Waals surface area contributed by atoms with Crippen LogP contribution in [-0.2, 0) is 4.79 Å². The number of hydrogen-bond acceptors (Lipinski definition) is 6. The van der Waals surface area contributed by atoms with Gasteiger partial charge in [0, 0.05) is 18.1 Å². The molecule has 1 aromatic rings. The Bertz CT molecular complexity index is 423. The van der Waals surface area contributed by atoms with Crippen LogP contribution in [-0.4, -0.2) is 49.4 Å². The molecule has 2 atom stereocenters. The molecule has 0 aromatic carbocycles. The quantitative estimate of drug-likeness (QED) is 0.786. The first kappa shape index (κ1) is 11.7. The van der Waals surface area contributed by atoms with E-state index >= 15 is 0 Å². The number of nitrogens with zero attached hydrogens (tertiary/aromatic N) is 4. The first-order valence-corrected chi connectivity index (χ1v) is 5.82. The van der Waals surface area contributed by atoms with Gasteiger partial charge in [-0.05, 0) is 17.6 Å². The maximum absolute atomic E-state index is 11.8. The van der Waals surface area contributed by atoms with Crippen molar-refractivity contribution in [2.75, 3.05) is 11.9 Å². The van der Waals surface area contributed by atoms with Crippen molar-refractivity contribution in [2.45, 2.75) is 19.4 Å². The minimum absolute atomic E-state index is 0.0502. The molecule has 2 rings (SSSR count). The largest absolute Gasteiger partial charge is 0.480 e. The number of likely N-dealkylation sites (tertiary alicyclic amines) is 1. The van der Waals surface area contributed by atoms with Crippen molar-refractivity contribution in [2.24, 2.45) is 5.92 Å². The van der Waals surface area contributed by atoms with E-state index in [1.807, 2.05) is 6.92 Å². The average molecular weight is 257 g/mol. The van der Waals surface area contributed by atoms with Crippen LogP contribution in [0.4, 0.5) is 9.93 Å². The Morgan fingerprint density at radius 3 is 2.94 bits per heavy atom. The van der Waals surface area contributed by atoms with Gasteiger partial charge in [-0.2, -0.15) is 0 Å². The summed E-state index contributed by atoms with van der Waals surface area (Å²) in [6, 6.07) is -1.25. The number of rotatable bonds is 2.